The molecular formula is C22H21N5O3. The number of carbonyl (C=O) groups is 1. The second-order valence-corrected chi connectivity index (χ2v) is 6.56. The van der Waals surface area contributed by atoms with Crippen molar-refractivity contribution in [2.24, 2.45) is 0 Å². The molecule has 152 valence electrons. The Morgan fingerprint density at radius 1 is 1.00 bits per heavy atom. The van der Waals surface area contributed by atoms with Crippen molar-refractivity contribution in [1.29, 1.82) is 0 Å². The molecule has 0 atom stereocenters. The Hall–Kier alpha value is -3.94. The lowest BCUT2D eigenvalue weighted by Gasteiger charge is -2.10. The zero-order chi connectivity index (χ0) is 20.9. The lowest BCUT2D eigenvalue weighted by Crippen LogP contribution is -2.20. The van der Waals surface area contributed by atoms with Gasteiger partial charge in [0.05, 0.1) is 12.3 Å². The van der Waals surface area contributed by atoms with E-state index in [-0.39, 0.29) is 12.5 Å². The number of benzene rings is 2. The summed E-state index contributed by atoms with van der Waals surface area (Å²) < 4.78 is 12.6. The SMILES string of the molecule is CCOc1ccc(OCC(=O)Nc2cccc(-c3ccc4nnc(C)n4n3)c2)cc1. The van der Waals surface area contributed by atoms with Gasteiger partial charge >= 0.3 is 0 Å². The summed E-state index contributed by atoms with van der Waals surface area (Å²) in [5.74, 6) is 1.82. The zero-order valence-electron chi connectivity index (χ0n) is 16.7. The lowest BCUT2D eigenvalue weighted by molar-refractivity contribution is -0.118. The largest absolute Gasteiger partial charge is 0.494 e. The quantitative estimate of drug-likeness (QED) is 0.508. The number of aromatic nitrogens is 4. The van der Waals surface area contributed by atoms with E-state index in [1.807, 2.05) is 62.4 Å². The van der Waals surface area contributed by atoms with Crippen LogP contribution in [0.4, 0.5) is 5.69 Å². The van der Waals surface area contributed by atoms with Crippen LogP contribution in [0.5, 0.6) is 11.5 Å². The summed E-state index contributed by atoms with van der Waals surface area (Å²) in [5, 5.41) is 15.5. The Bertz CT molecular complexity index is 1170. The molecule has 4 aromatic rings. The number of hydrogen-bond donors (Lipinski definition) is 1. The van der Waals surface area contributed by atoms with E-state index in [9.17, 15) is 4.79 Å². The number of carbonyl (C=O) groups excluding carboxylic acids is 1. The Labute approximate surface area is 173 Å². The average molecular weight is 403 g/mol. The van der Waals surface area contributed by atoms with Gasteiger partial charge in [-0.3, -0.25) is 4.79 Å². The van der Waals surface area contributed by atoms with E-state index in [0.717, 1.165) is 17.0 Å². The molecule has 30 heavy (non-hydrogen) atoms. The smallest absolute Gasteiger partial charge is 0.262 e. The van der Waals surface area contributed by atoms with E-state index >= 15 is 0 Å². The molecule has 1 N–H and O–H groups in total. The third-order valence-corrected chi connectivity index (χ3v) is 4.37. The predicted molar refractivity (Wildman–Crippen MR) is 113 cm³/mol. The van der Waals surface area contributed by atoms with Gasteiger partial charge in [-0.1, -0.05) is 12.1 Å². The van der Waals surface area contributed by atoms with Gasteiger partial charge in [0.25, 0.3) is 5.91 Å². The van der Waals surface area contributed by atoms with Crippen LogP contribution in [0.1, 0.15) is 12.7 Å². The fourth-order valence-corrected chi connectivity index (χ4v) is 2.95. The summed E-state index contributed by atoms with van der Waals surface area (Å²) >= 11 is 0. The van der Waals surface area contributed by atoms with Crippen molar-refractivity contribution in [1.82, 2.24) is 19.8 Å². The van der Waals surface area contributed by atoms with E-state index in [2.05, 4.69) is 20.6 Å². The van der Waals surface area contributed by atoms with Crippen LogP contribution in [0.3, 0.4) is 0 Å². The molecule has 0 aliphatic heterocycles. The van der Waals surface area contributed by atoms with Crippen LogP contribution in [0, 0.1) is 6.92 Å². The molecule has 2 aromatic carbocycles. The van der Waals surface area contributed by atoms with Crippen LogP contribution >= 0.6 is 0 Å². The average Bonchev–Trinajstić information content (AvgIpc) is 3.14. The van der Waals surface area contributed by atoms with Crippen molar-refractivity contribution in [3.05, 3.63) is 66.5 Å². The van der Waals surface area contributed by atoms with Gasteiger partial charge in [-0.05, 0) is 62.4 Å². The summed E-state index contributed by atoms with van der Waals surface area (Å²) in [7, 11) is 0. The molecule has 0 fully saturated rings. The highest BCUT2D eigenvalue weighted by atomic mass is 16.5. The predicted octanol–water partition coefficient (Wildman–Crippen LogP) is 3.52. The molecule has 8 nitrogen and oxygen atoms in total. The molecule has 0 bridgehead atoms. The first-order valence-electron chi connectivity index (χ1n) is 9.57. The van der Waals surface area contributed by atoms with Gasteiger partial charge in [-0.25, -0.2) is 0 Å². The Kier molecular flexibility index (Phi) is 5.56. The minimum absolute atomic E-state index is 0.0949. The fraction of sp³-hybridized carbons (Fsp3) is 0.182. The number of amides is 1. The van der Waals surface area contributed by atoms with E-state index in [1.165, 1.54) is 0 Å². The molecule has 8 heteroatoms. The first-order chi connectivity index (χ1) is 14.6. The summed E-state index contributed by atoms with van der Waals surface area (Å²) in [6.07, 6.45) is 0. The van der Waals surface area contributed by atoms with Crippen molar-refractivity contribution in [3.8, 4) is 22.8 Å². The van der Waals surface area contributed by atoms with Crippen LogP contribution in [-0.2, 0) is 4.79 Å². The number of rotatable bonds is 7. The molecule has 0 aliphatic rings. The van der Waals surface area contributed by atoms with Crippen LogP contribution in [0.15, 0.2) is 60.7 Å². The highest BCUT2D eigenvalue weighted by Gasteiger charge is 2.08. The van der Waals surface area contributed by atoms with Crippen molar-refractivity contribution >= 4 is 17.2 Å². The normalized spacial score (nSPS) is 10.7. The Morgan fingerprint density at radius 2 is 1.77 bits per heavy atom. The van der Waals surface area contributed by atoms with Crippen molar-refractivity contribution in [2.45, 2.75) is 13.8 Å². The minimum atomic E-state index is -0.251. The molecule has 0 unspecified atom stereocenters. The maximum Gasteiger partial charge on any atom is 0.262 e. The zero-order valence-corrected chi connectivity index (χ0v) is 16.7. The van der Waals surface area contributed by atoms with Gasteiger partial charge in [-0.2, -0.15) is 9.61 Å². The van der Waals surface area contributed by atoms with E-state index in [0.29, 0.717) is 29.5 Å². The lowest BCUT2D eigenvalue weighted by atomic mass is 10.1. The topological polar surface area (TPSA) is 90.6 Å². The maximum absolute atomic E-state index is 12.3. The first-order valence-corrected chi connectivity index (χ1v) is 9.57. The molecule has 2 aromatic heterocycles. The van der Waals surface area contributed by atoms with Crippen LogP contribution in [0.25, 0.3) is 16.9 Å². The van der Waals surface area contributed by atoms with Gasteiger partial charge in [-0.15, -0.1) is 10.2 Å². The Morgan fingerprint density at radius 3 is 2.53 bits per heavy atom. The molecule has 4 rings (SSSR count). The van der Waals surface area contributed by atoms with Crippen molar-refractivity contribution < 1.29 is 14.3 Å². The number of nitrogens with zero attached hydrogens (tertiary/aromatic N) is 4. The van der Waals surface area contributed by atoms with Crippen molar-refractivity contribution in [2.75, 3.05) is 18.5 Å². The molecule has 0 radical (unpaired) electrons. The van der Waals surface area contributed by atoms with Crippen molar-refractivity contribution in [3.63, 3.8) is 0 Å². The summed E-state index contributed by atoms with van der Waals surface area (Å²) in [5.41, 5.74) is 2.98. The maximum atomic E-state index is 12.3. The monoisotopic (exact) mass is 403 g/mol. The number of anilines is 1. The minimum Gasteiger partial charge on any atom is -0.494 e. The number of aryl methyl sites for hydroxylation is 1. The van der Waals surface area contributed by atoms with Gasteiger partial charge in [0, 0.05) is 11.3 Å². The number of fused-ring (bicyclic) bond motifs is 1. The second-order valence-electron chi connectivity index (χ2n) is 6.56. The molecule has 0 saturated carbocycles. The van der Waals surface area contributed by atoms with Gasteiger partial charge < -0.3 is 14.8 Å². The number of nitrogens with one attached hydrogen (secondary N) is 1. The summed E-state index contributed by atoms with van der Waals surface area (Å²) in [6, 6.07) is 18.4. The standard InChI is InChI=1S/C22H21N5O3/c1-3-29-18-7-9-19(10-8-18)30-14-22(28)23-17-6-4-5-16(13-17)20-11-12-21-25-24-15(2)27(21)26-20/h4-13H,3,14H2,1-2H3,(H,23,28). The third kappa shape index (κ3) is 4.38. The molecule has 2 heterocycles. The van der Waals surface area contributed by atoms with E-state index in [1.54, 1.807) is 16.6 Å². The highest BCUT2D eigenvalue weighted by molar-refractivity contribution is 5.92. The van der Waals surface area contributed by atoms with Gasteiger partial charge in [0.2, 0.25) is 0 Å². The molecular weight excluding hydrogens is 382 g/mol. The number of hydrogen-bond acceptors (Lipinski definition) is 6. The van der Waals surface area contributed by atoms with E-state index in [4.69, 9.17) is 9.47 Å². The Balaban J connectivity index is 1.40. The highest BCUT2D eigenvalue weighted by Crippen LogP contribution is 2.22. The molecule has 0 saturated heterocycles. The molecule has 0 spiro atoms. The van der Waals surface area contributed by atoms with Crippen LogP contribution < -0.4 is 14.8 Å². The van der Waals surface area contributed by atoms with Crippen LogP contribution in [-0.4, -0.2) is 38.9 Å². The molecule has 1 amide bonds. The van der Waals surface area contributed by atoms with Gasteiger partial charge in [0.1, 0.15) is 11.5 Å². The second kappa shape index (κ2) is 8.60. The number of ether oxygens (including phenoxy) is 2. The summed E-state index contributed by atoms with van der Waals surface area (Å²) in [6.45, 7) is 4.28. The van der Waals surface area contributed by atoms with Crippen LogP contribution in [0.2, 0.25) is 0 Å². The third-order valence-electron chi connectivity index (χ3n) is 4.37. The van der Waals surface area contributed by atoms with E-state index < -0.39 is 0 Å². The first kappa shape index (κ1) is 19.4. The fourth-order valence-electron chi connectivity index (χ4n) is 2.95. The summed E-state index contributed by atoms with van der Waals surface area (Å²) in [4.78, 5) is 12.3. The van der Waals surface area contributed by atoms with Gasteiger partial charge in [0.15, 0.2) is 18.1 Å². The molecule has 0 aliphatic carbocycles.